The van der Waals surface area contributed by atoms with Crippen LogP contribution in [0.3, 0.4) is 0 Å². The second kappa shape index (κ2) is 18.4. The molecule has 81 heavy (non-hydrogen) atoms. The van der Waals surface area contributed by atoms with Crippen molar-refractivity contribution in [1.29, 1.82) is 0 Å². The van der Waals surface area contributed by atoms with Gasteiger partial charge in [0, 0.05) is 83.9 Å². The van der Waals surface area contributed by atoms with Gasteiger partial charge in [-0.05, 0) is 142 Å². The lowest BCUT2D eigenvalue weighted by atomic mass is 9.28. The second-order valence-electron chi connectivity index (χ2n) is 21.5. The summed E-state index contributed by atoms with van der Waals surface area (Å²) in [5.74, 6) is 1.80. The zero-order chi connectivity index (χ0) is 53.1. The number of benzene rings is 11. The fraction of sp³-hybridized carbons (Fsp3) is 0.0278. The molecule has 0 radical (unpaired) electrons. The summed E-state index contributed by atoms with van der Waals surface area (Å²) in [7, 11) is 0. The van der Waals surface area contributed by atoms with E-state index in [1.54, 1.807) is 0 Å². The Morgan fingerprint density at radius 1 is 0.407 bits per heavy atom. The van der Waals surface area contributed by atoms with E-state index < -0.39 is 0 Å². The average Bonchev–Trinajstić information content (AvgIpc) is 2.70. The number of anilines is 11. The number of furan rings is 1. The first kappa shape index (κ1) is 46.1. The molecule has 0 bridgehead atoms. The van der Waals surface area contributed by atoms with Crippen LogP contribution in [-0.2, 0) is 0 Å². The first-order valence-corrected chi connectivity index (χ1v) is 28.8. The number of para-hydroxylation sites is 9. The number of allylic oxidation sites excluding steroid dienone is 2. The van der Waals surface area contributed by atoms with Gasteiger partial charge in [0.2, 0.25) is 6.71 Å². The molecule has 2 unspecified atom stereocenters. The summed E-state index contributed by atoms with van der Waals surface area (Å²) in [6.07, 6.45) is 5.31. The number of ether oxygens (including phenoxy) is 1. The van der Waals surface area contributed by atoms with Crippen LogP contribution in [0.25, 0.3) is 21.9 Å². The standard InChI is InChI=1S/C72H48B2N4O2S/c1-6-23-47(24-7-1)75(48-25-8-2-9-26-48)52-41-63-70-67(43-52)79-66-40-21-18-36-57(66)74(70)58-45-59-68(46-62(58)78(63)61-38-22-34-55-54-33-16-20-39-65(54)80-72(55)61)81-69-44-53(76(49-27-10-3-11-28-49)50-29-12-4-13-30-50)42-64-71(69)73(59)56-35-17-19-37-60(56)77(64)51-31-14-5-15-32-51/h1-46,59,68H. The van der Waals surface area contributed by atoms with E-state index in [-0.39, 0.29) is 24.5 Å². The average molecular weight is 1050 g/mol. The monoisotopic (exact) mass is 1050 g/mol. The van der Waals surface area contributed by atoms with E-state index in [1.807, 2.05) is 11.8 Å². The van der Waals surface area contributed by atoms with Gasteiger partial charge in [0.15, 0.2) is 5.58 Å². The van der Waals surface area contributed by atoms with Crippen LogP contribution in [0.1, 0.15) is 0 Å². The van der Waals surface area contributed by atoms with Gasteiger partial charge in [0.05, 0.1) is 11.4 Å². The summed E-state index contributed by atoms with van der Waals surface area (Å²) in [5.41, 5.74) is 21.1. The van der Waals surface area contributed by atoms with Crippen LogP contribution in [0, 0.1) is 0 Å². The van der Waals surface area contributed by atoms with Crippen LogP contribution in [0.4, 0.5) is 62.6 Å². The van der Waals surface area contributed by atoms with Crippen molar-refractivity contribution in [2.24, 2.45) is 0 Å². The lowest BCUT2D eigenvalue weighted by molar-refractivity contribution is 0.487. The summed E-state index contributed by atoms with van der Waals surface area (Å²) < 4.78 is 14.3. The fourth-order valence-electron chi connectivity index (χ4n) is 13.8. The van der Waals surface area contributed by atoms with Crippen molar-refractivity contribution in [3.8, 4) is 11.5 Å². The van der Waals surface area contributed by atoms with Gasteiger partial charge in [-0.1, -0.05) is 164 Å². The molecule has 9 heteroatoms. The normalized spacial score (nSPS) is 16.0. The molecule has 4 aliphatic heterocycles. The summed E-state index contributed by atoms with van der Waals surface area (Å²) in [6, 6.07) is 96.4. The van der Waals surface area contributed by atoms with E-state index in [0.29, 0.717) is 0 Å². The number of hydrogen-bond acceptors (Lipinski definition) is 7. The fourth-order valence-corrected chi connectivity index (χ4v) is 15.2. The zero-order valence-corrected chi connectivity index (χ0v) is 44.7. The maximum Gasteiger partial charge on any atom is 0.255 e. The molecule has 0 amide bonds. The molecule has 12 aromatic rings. The van der Waals surface area contributed by atoms with Gasteiger partial charge in [-0.15, -0.1) is 11.8 Å². The topological polar surface area (TPSA) is 35.3 Å². The van der Waals surface area contributed by atoms with Crippen LogP contribution < -0.4 is 46.2 Å². The molecule has 0 saturated heterocycles. The first-order chi connectivity index (χ1) is 40.2. The van der Waals surface area contributed by atoms with Crippen molar-refractivity contribution in [2.75, 3.05) is 19.6 Å². The molecule has 5 heterocycles. The molecule has 1 aliphatic carbocycles. The highest BCUT2D eigenvalue weighted by atomic mass is 32.2. The van der Waals surface area contributed by atoms with Gasteiger partial charge >= 0.3 is 0 Å². The molecular formula is C72H48B2N4O2S. The summed E-state index contributed by atoms with van der Waals surface area (Å²) >= 11 is 2.00. The number of hydrogen-bond donors (Lipinski definition) is 0. The molecule has 5 aliphatic rings. The Morgan fingerprint density at radius 3 is 1.63 bits per heavy atom. The van der Waals surface area contributed by atoms with Crippen molar-refractivity contribution < 1.29 is 9.15 Å². The lowest BCUT2D eigenvalue weighted by Crippen LogP contribution is -2.59. The molecule has 380 valence electrons. The molecular weight excluding hydrogens is 1010 g/mol. The molecule has 1 aromatic heterocycles. The third-order valence-electron chi connectivity index (χ3n) is 17.0. The molecule has 0 fully saturated rings. The molecule has 6 nitrogen and oxygen atoms in total. The highest BCUT2D eigenvalue weighted by molar-refractivity contribution is 8.00. The SMILES string of the molecule is C1=C2B3c4ccccc4Oc4cc(N(c5ccccc5)c5ccccc5)cc(c43)N(c3cccc4c3oc3ccccc34)C2=CC2Sc3cc(N(c4ccccc4)c4ccccc4)cc4c3B(c3ccccc3N4c3ccccc3)C12. The van der Waals surface area contributed by atoms with Gasteiger partial charge in [0.25, 0.3) is 6.71 Å². The van der Waals surface area contributed by atoms with Gasteiger partial charge in [-0.2, -0.15) is 0 Å². The number of thioether (sulfide) groups is 1. The van der Waals surface area contributed by atoms with Crippen molar-refractivity contribution in [2.45, 2.75) is 16.0 Å². The predicted octanol–water partition coefficient (Wildman–Crippen LogP) is 16.7. The highest BCUT2D eigenvalue weighted by Gasteiger charge is 2.52. The number of rotatable bonds is 8. The lowest BCUT2D eigenvalue weighted by Gasteiger charge is -2.49. The quantitative estimate of drug-likeness (QED) is 0.140. The van der Waals surface area contributed by atoms with Crippen LogP contribution in [-0.4, -0.2) is 18.7 Å². The van der Waals surface area contributed by atoms with E-state index in [1.165, 1.54) is 32.7 Å². The minimum Gasteiger partial charge on any atom is -0.458 e. The predicted molar refractivity (Wildman–Crippen MR) is 339 cm³/mol. The Labute approximate surface area is 475 Å². The summed E-state index contributed by atoms with van der Waals surface area (Å²) in [5, 5.41) is 2.21. The van der Waals surface area contributed by atoms with Crippen LogP contribution in [0.2, 0.25) is 5.82 Å². The Bertz CT molecular complexity index is 4460. The molecule has 0 spiro atoms. The maximum atomic E-state index is 7.26. The van der Waals surface area contributed by atoms with Gasteiger partial charge in [-0.25, -0.2) is 0 Å². The summed E-state index contributed by atoms with van der Waals surface area (Å²) in [6.45, 7) is -0.0954. The van der Waals surface area contributed by atoms with Gasteiger partial charge in [0.1, 0.15) is 17.1 Å². The van der Waals surface area contributed by atoms with Crippen molar-refractivity contribution in [3.63, 3.8) is 0 Å². The largest absolute Gasteiger partial charge is 0.458 e. The Balaban J connectivity index is 0.942. The van der Waals surface area contributed by atoms with Crippen LogP contribution >= 0.6 is 11.8 Å². The molecule has 11 aromatic carbocycles. The first-order valence-electron chi connectivity index (χ1n) is 27.9. The molecule has 2 atom stereocenters. The Kier molecular flexibility index (Phi) is 10.5. The van der Waals surface area contributed by atoms with Crippen molar-refractivity contribution in [1.82, 2.24) is 0 Å². The third kappa shape index (κ3) is 7.18. The van der Waals surface area contributed by atoms with E-state index in [4.69, 9.17) is 9.15 Å². The highest BCUT2D eigenvalue weighted by Crippen LogP contribution is 2.56. The minimum atomic E-state index is -0.132. The Hall–Kier alpha value is -9.82. The smallest absolute Gasteiger partial charge is 0.255 e. The molecule has 0 N–H and O–H groups in total. The minimum absolute atomic E-state index is 0.0318. The second-order valence-corrected chi connectivity index (χ2v) is 22.7. The van der Waals surface area contributed by atoms with Gasteiger partial charge in [-0.3, -0.25) is 0 Å². The van der Waals surface area contributed by atoms with Crippen LogP contribution in [0.5, 0.6) is 11.5 Å². The number of fused-ring (bicyclic) bond motifs is 11. The maximum absolute atomic E-state index is 7.26. The van der Waals surface area contributed by atoms with E-state index in [9.17, 15) is 0 Å². The van der Waals surface area contributed by atoms with Crippen molar-refractivity contribution in [3.05, 3.63) is 290 Å². The van der Waals surface area contributed by atoms with E-state index >= 15 is 0 Å². The van der Waals surface area contributed by atoms with Gasteiger partial charge < -0.3 is 28.8 Å². The van der Waals surface area contributed by atoms with E-state index in [2.05, 4.69) is 299 Å². The van der Waals surface area contributed by atoms with Crippen molar-refractivity contribution >= 4 is 132 Å². The molecule has 17 rings (SSSR count). The molecule has 0 saturated carbocycles. The number of nitrogens with zero attached hydrogens (tertiary/aromatic N) is 4. The Morgan fingerprint density at radius 2 is 0.951 bits per heavy atom. The third-order valence-corrected chi connectivity index (χ3v) is 18.4. The van der Waals surface area contributed by atoms with E-state index in [0.717, 1.165) is 101 Å². The van der Waals surface area contributed by atoms with Crippen LogP contribution in [0.15, 0.2) is 300 Å². The summed E-state index contributed by atoms with van der Waals surface area (Å²) in [4.78, 5) is 11.1. The zero-order valence-electron chi connectivity index (χ0n) is 43.9.